The zero-order valence-corrected chi connectivity index (χ0v) is 13.6. The molecule has 0 bridgehead atoms. The van der Waals surface area contributed by atoms with E-state index in [9.17, 15) is 19.7 Å². The van der Waals surface area contributed by atoms with E-state index in [4.69, 9.17) is 14.6 Å². The monoisotopic (exact) mass is 352 g/mol. The number of hydrogen-bond donors (Lipinski definition) is 2. The first-order chi connectivity index (χ1) is 12.0. The molecule has 1 heterocycles. The lowest BCUT2D eigenvalue weighted by atomic mass is 10.1. The summed E-state index contributed by atoms with van der Waals surface area (Å²) in [6.07, 6.45) is 2.76. The molecule has 1 unspecified atom stereocenters. The van der Waals surface area contributed by atoms with Crippen molar-refractivity contribution in [2.24, 2.45) is 0 Å². The third-order valence-electron chi connectivity index (χ3n) is 3.72. The molecule has 1 fully saturated rings. The van der Waals surface area contributed by atoms with Crippen LogP contribution in [0, 0.1) is 10.1 Å². The van der Waals surface area contributed by atoms with Gasteiger partial charge in [-0.15, -0.1) is 0 Å². The van der Waals surface area contributed by atoms with Crippen molar-refractivity contribution in [3.63, 3.8) is 0 Å². The van der Waals surface area contributed by atoms with Crippen LogP contribution >= 0.6 is 0 Å². The number of benzene rings is 1. The van der Waals surface area contributed by atoms with E-state index in [-0.39, 0.29) is 17.2 Å². The number of hydrogen-bond acceptors (Lipinski definition) is 6. The molecule has 0 aliphatic carbocycles. The summed E-state index contributed by atoms with van der Waals surface area (Å²) in [6, 6.07) is 3.08. The maximum absolute atomic E-state index is 12.0. The predicted molar refractivity (Wildman–Crippen MR) is 86.8 cm³/mol. The Bertz CT molecular complexity index is 609. The Morgan fingerprint density at radius 2 is 2.12 bits per heavy atom. The standard InChI is InChI=1S/C16H20N2O7/c19-15(17-4-2-5-24-10-14-3-1-6-25-14)11-7-12(16(20)21)9-13(8-11)18(22)23/h7-9,14H,1-6,10H2,(H,17,19)(H,20,21). The molecular weight excluding hydrogens is 332 g/mol. The minimum atomic E-state index is -1.33. The van der Waals surface area contributed by atoms with E-state index in [0.717, 1.165) is 37.6 Å². The minimum Gasteiger partial charge on any atom is -0.478 e. The fourth-order valence-electron chi connectivity index (χ4n) is 2.44. The number of nitro groups is 1. The summed E-state index contributed by atoms with van der Waals surface area (Å²) >= 11 is 0. The molecule has 1 atom stereocenters. The maximum atomic E-state index is 12.0. The molecule has 25 heavy (non-hydrogen) atoms. The summed E-state index contributed by atoms with van der Waals surface area (Å²) in [5, 5.41) is 22.4. The first-order valence-corrected chi connectivity index (χ1v) is 7.97. The molecule has 1 saturated heterocycles. The fourth-order valence-corrected chi connectivity index (χ4v) is 2.44. The van der Waals surface area contributed by atoms with Gasteiger partial charge in [0.15, 0.2) is 0 Å². The second-order valence-electron chi connectivity index (χ2n) is 5.65. The van der Waals surface area contributed by atoms with E-state index in [1.807, 2.05) is 0 Å². The highest BCUT2D eigenvalue weighted by Gasteiger charge is 2.17. The van der Waals surface area contributed by atoms with E-state index in [0.29, 0.717) is 26.2 Å². The van der Waals surface area contributed by atoms with Crippen LogP contribution in [0.25, 0.3) is 0 Å². The number of non-ortho nitro benzene ring substituents is 1. The largest absolute Gasteiger partial charge is 0.478 e. The molecule has 0 aromatic heterocycles. The highest BCUT2D eigenvalue weighted by molar-refractivity contribution is 5.98. The number of nitrogens with one attached hydrogen (secondary N) is 1. The van der Waals surface area contributed by atoms with Gasteiger partial charge in [0.2, 0.25) is 0 Å². The number of rotatable bonds is 9. The van der Waals surface area contributed by atoms with Gasteiger partial charge in [-0.2, -0.15) is 0 Å². The van der Waals surface area contributed by atoms with Crippen molar-refractivity contribution in [2.75, 3.05) is 26.4 Å². The lowest BCUT2D eigenvalue weighted by Gasteiger charge is -2.10. The molecule has 136 valence electrons. The van der Waals surface area contributed by atoms with Crippen molar-refractivity contribution in [2.45, 2.75) is 25.4 Å². The van der Waals surface area contributed by atoms with Crippen molar-refractivity contribution in [1.29, 1.82) is 0 Å². The Morgan fingerprint density at radius 3 is 2.76 bits per heavy atom. The quantitative estimate of drug-likeness (QED) is 0.392. The smallest absolute Gasteiger partial charge is 0.335 e. The number of carbonyl (C=O) groups is 2. The van der Waals surface area contributed by atoms with E-state index < -0.39 is 22.5 Å². The molecule has 1 aromatic rings. The highest BCUT2D eigenvalue weighted by Crippen LogP contribution is 2.17. The Morgan fingerprint density at radius 1 is 1.36 bits per heavy atom. The molecule has 1 aliphatic heterocycles. The summed E-state index contributed by atoms with van der Waals surface area (Å²) in [4.78, 5) is 33.2. The van der Waals surface area contributed by atoms with E-state index in [2.05, 4.69) is 5.32 Å². The first kappa shape index (κ1) is 18.8. The Labute approximate surface area is 144 Å². The zero-order valence-electron chi connectivity index (χ0n) is 13.6. The van der Waals surface area contributed by atoms with Crippen LogP contribution in [0.5, 0.6) is 0 Å². The van der Waals surface area contributed by atoms with Crippen molar-refractivity contribution >= 4 is 17.6 Å². The van der Waals surface area contributed by atoms with Gasteiger partial charge in [0.1, 0.15) is 0 Å². The number of amides is 1. The molecule has 1 amide bonds. The average Bonchev–Trinajstić information content (AvgIpc) is 3.10. The maximum Gasteiger partial charge on any atom is 0.335 e. The molecule has 0 saturated carbocycles. The lowest BCUT2D eigenvalue weighted by molar-refractivity contribution is -0.384. The zero-order chi connectivity index (χ0) is 18.2. The van der Waals surface area contributed by atoms with Gasteiger partial charge in [-0.05, 0) is 25.3 Å². The van der Waals surface area contributed by atoms with Gasteiger partial charge in [-0.1, -0.05) is 0 Å². The number of nitro benzene ring substituents is 1. The number of carbonyl (C=O) groups excluding carboxylic acids is 1. The van der Waals surface area contributed by atoms with Crippen LogP contribution < -0.4 is 5.32 Å². The van der Waals surface area contributed by atoms with Crippen LogP contribution in [-0.4, -0.2) is 54.4 Å². The second-order valence-corrected chi connectivity index (χ2v) is 5.65. The predicted octanol–water partition coefficient (Wildman–Crippen LogP) is 1.61. The number of carboxylic acids is 1. The van der Waals surface area contributed by atoms with Crippen LogP contribution in [-0.2, 0) is 9.47 Å². The summed E-state index contributed by atoms with van der Waals surface area (Å²) in [5.74, 6) is -1.90. The van der Waals surface area contributed by atoms with E-state index in [1.54, 1.807) is 0 Å². The summed E-state index contributed by atoms with van der Waals surface area (Å²) in [7, 11) is 0. The Kier molecular flexibility index (Phi) is 6.84. The van der Waals surface area contributed by atoms with Crippen molar-refractivity contribution in [3.05, 3.63) is 39.4 Å². The first-order valence-electron chi connectivity index (χ1n) is 7.97. The molecule has 2 N–H and O–H groups in total. The van der Waals surface area contributed by atoms with Gasteiger partial charge < -0.3 is 19.9 Å². The molecule has 2 rings (SSSR count). The van der Waals surface area contributed by atoms with Crippen molar-refractivity contribution in [3.8, 4) is 0 Å². The second kappa shape index (κ2) is 9.09. The lowest BCUT2D eigenvalue weighted by Crippen LogP contribution is -2.26. The van der Waals surface area contributed by atoms with E-state index >= 15 is 0 Å². The number of nitrogens with zero attached hydrogens (tertiary/aromatic N) is 1. The molecule has 1 aromatic carbocycles. The number of ether oxygens (including phenoxy) is 2. The fraction of sp³-hybridized carbons (Fsp3) is 0.500. The van der Waals surface area contributed by atoms with E-state index in [1.165, 1.54) is 0 Å². The van der Waals surface area contributed by atoms with Crippen LogP contribution in [0.2, 0.25) is 0 Å². The van der Waals surface area contributed by atoms with Crippen LogP contribution in [0.1, 0.15) is 40.0 Å². The summed E-state index contributed by atoms with van der Waals surface area (Å²) in [6.45, 7) is 2.07. The van der Waals surface area contributed by atoms with Gasteiger partial charge in [-0.3, -0.25) is 14.9 Å². The molecule has 1 aliphatic rings. The van der Waals surface area contributed by atoms with Gasteiger partial charge in [0, 0.05) is 37.5 Å². The normalized spacial score (nSPS) is 16.6. The Hall–Kier alpha value is -2.52. The highest BCUT2D eigenvalue weighted by atomic mass is 16.6. The number of carboxylic acid groups (broad SMARTS) is 1. The SMILES string of the molecule is O=C(O)c1cc(C(=O)NCCCOCC2CCCO2)cc([N+](=O)[O-])c1. The van der Waals surface area contributed by atoms with Crippen molar-refractivity contribution in [1.82, 2.24) is 5.32 Å². The average molecular weight is 352 g/mol. The van der Waals surface area contributed by atoms with Gasteiger partial charge in [0.25, 0.3) is 11.6 Å². The molecular formula is C16H20N2O7. The molecule has 9 heteroatoms. The van der Waals surface area contributed by atoms with Crippen LogP contribution in [0.15, 0.2) is 18.2 Å². The minimum absolute atomic E-state index is 0.0631. The van der Waals surface area contributed by atoms with Crippen molar-refractivity contribution < 1.29 is 29.1 Å². The van der Waals surface area contributed by atoms with Crippen LogP contribution in [0.4, 0.5) is 5.69 Å². The van der Waals surface area contributed by atoms with Gasteiger partial charge in [-0.25, -0.2) is 4.79 Å². The van der Waals surface area contributed by atoms with Gasteiger partial charge >= 0.3 is 5.97 Å². The topological polar surface area (TPSA) is 128 Å². The van der Waals surface area contributed by atoms with Gasteiger partial charge in [0.05, 0.1) is 23.2 Å². The Balaban J connectivity index is 1.79. The summed E-state index contributed by atoms with van der Waals surface area (Å²) < 4.78 is 10.9. The summed E-state index contributed by atoms with van der Waals surface area (Å²) in [5.41, 5.74) is -0.809. The third-order valence-corrected chi connectivity index (χ3v) is 3.72. The molecule has 0 spiro atoms. The molecule has 9 nitrogen and oxygen atoms in total. The molecule has 0 radical (unpaired) electrons. The van der Waals surface area contributed by atoms with Crippen LogP contribution in [0.3, 0.4) is 0 Å². The third kappa shape index (κ3) is 5.80. The number of aromatic carboxylic acids is 1.